The Morgan fingerprint density at radius 1 is 1.33 bits per heavy atom. The predicted octanol–water partition coefficient (Wildman–Crippen LogP) is 0.734. The molecule has 4 heteroatoms. The molecule has 2 aliphatic rings. The van der Waals surface area contributed by atoms with Crippen LogP contribution >= 0.6 is 0 Å². The highest BCUT2D eigenvalue weighted by atomic mass is 16.5. The molecule has 0 N–H and O–H groups in total. The number of carbonyl (C=O) groups is 3. The summed E-state index contributed by atoms with van der Waals surface area (Å²) in [4.78, 5) is 34.6. The molecule has 0 heterocycles. The molecule has 2 bridgehead atoms. The van der Waals surface area contributed by atoms with E-state index in [2.05, 4.69) is 4.74 Å². The summed E-state index contributed by atoms with van der Waals surface area (Å²) in [7, 11) is 1.34. The summed E-state index contributed by atoms with van der Waals surface area (Å²) < 4.78 is 4.66. The summed E-state index contributed by atoms with van der Waals surface area (Å²) >= 11 is 0. The summed E-state index contributed by atoms with van der Waals surface area (Å²) in [6.45, 7) is 0. The van der Waals surface area contributed by atoms with Crippen LogP contribution in [0.5, 0.6) is 0 Å². The Morgan fingerprint density at radius 3 is 2.73 bits per heavy atom. The van der Waals surface area contributed by atoms with E-state index in [0.717, 1.165) is 0 Å². The van der Waals surface area contributed by atoms with Crippen molar-refractivity contribution in [1.82, 2.24) is 0 Å². The van der Waals surface area contributed by atoms with Crippen LogP contribution in [0.25, 0.3) is 0 Å². The molecule has 0 amide bonds. The van der Waals surface area contributed by atoms with E-state index in [1.807, 2.05) is 0 Å². The van der Waals surface area contributed by atoms with Crippen LogP contribution in [-0.4, -0.2) is 24.6 Å². The van der Waals surface area contributed by atoms with Gasteiger partial charge in [0, 0.05) is 12.3 Å². The molecule has 0 aromatic heterocycles. The van der Waals surface area contributed by atoms with E-state index in [9.17, 15) is 14.4 Å². The van der Waals surface area contributed by atoms with E-state index in [4.69, 9.17) is 0 Å². The average Bonchev–Trinajstić information content (AvgIpc) is 2.23. The van der Waals surface area contributed by atoms with Crippen LogP contribution in [-0.2, 0) is 19.1 Å². The minimum absolute atomic E-state index is 0.00449. The molecule has 0 aliphatic heterocycles. The highest BCUT2D eigenvalue weighted by Crippen LogP contribution is 2.38. The van der Waals surface area contributed by atoms with E-state index in [1.165, 1.54) is 7.11 Å². The molecule has 3 atom stereocenters. The van der Waals surface area contributed by atoms with Gasteiger partial charge in [-0.3, -0.25) is 14.4 Å². The Balaban J connectivity index is 2.16. The van der Waals surface area contributed by atoms with Crippen LogP contribution in [0.1, 0.15) is 25.7 Å². The van der Waals surface area contributed by atoms with E-state index in [0.29, 0.717) is 25.7 Å². The second-order valence-corrected chi connectivity index (χ2v) is 4.35. The monoisotopic (exact) mass is 210 g/mol. The molecule has 0 spiro atoms. The molecule has 0 unspecified atom stereocenters. The van der Waals surface area contributed by atoms with Gasteiger partial charge in [0.2, 0.25) is 0 Å². The van der Waals surface area contributed by atoms with Crippen molar-refractivity contribution in [2.45, 2.75) is 25.7 Å². The Kier molecular flexibility index (Phi) is 2.59. The van der Waals surface area contributed by atoms with Gasteiger partial charge in [-0.2, -0.15) is 0 Å². The van der Waals surface area contributed by atoms with Crippen molar-refractivity contribution < 1.29 is 19.1 Å². The van der Waals surface area contributed by atoms with Crippen molar-refractivity contribution in [3.05, 3.63) is 0 Å². The highest BCUT2D eigenvalue weighted by molar-refractivity contribution is 6.06. The zero-order valence-electron chi connectivity index (χ0n) is 8.69. The van der Waals surface area contributed by atoms with Gasteiger partial charge < -0.3 is 4.74 Å². The van der Waals surface area contributed by atoms with Crippen molar-refractivity contribution in [2.24, 2.45) is 17.8 Å². The predicted molar refractivity (Wildman–Crippen MR) is 51.0 cm³/mol. The number of Topliss-reactive ketones (excluding diaryl/α,β-unsaturated/α-hetero) is 2. The number of esters is 1. The number of methoxy groups -OCH3 is 1. The number of hydrogen-bond acceptors (Lipinski definition) is 4. The Labute approximate surface area is 88.0 Å². The summed E-state index contributed by atoms with van der Waals surface area (Å²) in [5.41, 5.74) is 0. The maximum absolute atomic E-state index is 11.7. The molecule has 15 heavy (non-hydrogen) atoms. The third-order valence-corrected chi connectivity index (χ3v) is 3.50. The molecule has 0 radical (unpaired) electrons. The van der Waals surface area contributed by atoms with Crippen LogP contribution in [0.2, 0.25) is 0 Å². The lowest BCUT2D eigenvalue weighted by Gasteiger charge is -2.35. The van der Waals surface area contributed by atoms with Crippen molar-refractivity contribution in [1.29, 1.82) is 0 Å². The smallest absolute Gasteiger partial charge is 0.308 e. The fourth-order valence-corrected chi connectivity index (χ4v) is 2.64. The second kappa shape index (κ2) is 3.76. The van der Waals surface area contributed by atoms with Crippen LogP contribution in [0.4, 0.5) is 0 Å². The third-order valence-electron chi connectivity index (χ3n) is 3.50. The highest BCUT2D eigenvalue weighted by Gasteiger charge is 2.45. The molecule has 2 fully saturated rings. The zero-order valence-corrected chi connectivity index (χ0v) is 8.69. The first-order chi connectivity index (χ1) is 7.13. The number of ketones is 2. The Morgan fingerprint density at radius 2 is 2.07 bits per heavy atom. The van der Waals surface area contributed by atoms with Gasteiger partial charge >= 0.3 is 5.97 Å². The van der Waals surface area contributed by atoms with Crippen molar-refractivity contribution >= 4 is 17.5 Å². The maximum atomic E-state index is 11.7. The summed E-state index contributed by atoms with van der Waals surface area (Å²) in [5.74, 6) is -1.11. The first kappa shape index (κ1) is 10.3. The molecule has 0 aromatic rings. The number of carbonyl (C=O) groups excluding carboxylic acids is 3. The van der Waals surface area contributed by atoms with E-state index >= 15 is 0 Å². The molecule has 0 aromatic carbocycles. The average molecular weight is 210 g/mol. The third kappa shape index (κ3) is 1.68. The van der Waals surface area contributed by atoms with Gasteiger partial charge in [0.1, 0.15) is 11.6 Å². The Hall–Kier alpha value is -1.19. The fourth-order valence-electron chi connectivity index (χ4n) is 2.64. The lowest BCUT2D eigenvalue weighted by atomic mass is 9.66. The zero-order chi connectivity index (χ0) is 11.0. The normalized spacial score (nSPS) is 35.1. The lowest BCUT2D eigenvalue weighted by molar-refractivity contribution is -0.152. The van der Waals surface area contributed by atoms with Crippen LogP contribution in [0.3, 0.4) is 0 Å². The number of ether oxygens (including phenoxy) is 1. The van der Waals surface area contributed by atoms with E-state index < -0.39 is 5.92 Å². The topological polar surface area (TPSA) is 60.4 Å². The number of hydrogen-bond donors (Lipinski definition) is 0. The molecule has 2 saturated carbocycles. The first-order valence-electron chi connectivity index (χ1n) is 5.27. The van der Waals surface area contributed by atoms with Gasteiger partial charge in [-0.05, 0) is 19.3 Å². The van der Waals surface area contributed by atoms with Gasteiger partial charge in [0.05, 0.1) is 18.9 Å². The van der Waals surface area contributed by atoms with Crippen LogP contribution < -0.4 is 0 Å². The number of rotatable bonds is 1. The summed E-state index contributed by atoms with van der Waals surface area (Å²) in [6.07, 6.45) is 2.03. The SMILES string of the molecule is COC(=O)[C@@H]1C[C@@H]2CCC(=O)[C@@H](C1)C2=O. The van der Waals surface area contributed by atoms with Crippen molar-refractivity contribution in [3.8, 4) is 0 Å². The molecular formula is C11H14O4. The van der Waals surface area contributed by atoms with Crippen molar-refractivity contribution in [3.63, 3.8) is 0 Å². The van der Waals surface area contributed by atoms with E-state index in [1.54, 1.807) is 0 Å². The minimum Gasteiger partial charge on any atom is -0.469 e. The van der Waals surface area contributed by atoms with Crippen LogP contribution in [0, 0.1) is 17.8 Å². The molecule has 2 rings (SSSR count). The molecule has 82 valence electrons. The van der Waals surface area contributed by atoms with E-state index in [-0.39, 0.29) is 29.4 Å². The minimum atomic E-state index is -0.526. The molecular weight excluding hydrogens is 196 g/mol. The summed E-state index contributed by atoms with van der Waals surface area (Å²) in [6, 6.07) is 0. The summed E-state index contributed by atoms with van der Waals surface area (Å²) in [5, 5.41) is 0. The van der Waals surface area contributed by atoms with Gasteiger partial charge in [0.15, 0.2) is 0 Å². The second-order valence-electron chi connectivity index (χ2n) is 4.35. The molecule has 0 saturated heterocycles. The largest absolute Gasteiger partial charge is 0.469 e. The van der Waals surface area contributed by atoms with Gasteiger partial charge in [-0.25, -0.2) is 0 Å². The quantitative estimate of drug-likeness (QED) is 0.473. The van der Waals surface area contributed by atoms with Gasteiger partial charge in [0.25, 0.3) is 0 Å². The lowest BCUT2D eigenvalue weighted by Crippen LogP contribution is -2.43. The Bertz CT molecular complexity index is 321. The molecule has 4 nitrogen and oxygen atoms in total. The van der Waals surface area contributed by atoms with Crippen LogP contribution in [0.15, 0.2) is 0 Å². The number of fused-ring (bicyclic) bond motifs is 2. The van der Waals surface area contributed by atoms with Gasteiger partial charge in [-0.15, -0.1) is 0 Å². The van der Waals surface area contributed by atoms with Gasteiger partial charge in [-0.1, -0.05) is 0 Å². The standard InChI is InChI=1S/C11H14O4/c1-15-11(14)7-4-6-2-3-9(12)8(5-7)10(6)13/h6-8H,2-5H2,1H3/t6-,7+,8+/m0/s1. The molecule has 2 aliphatic carbocycles. The maximum Gasteiger partial charge on any atom is 0.308 e. The first-order valence-corrected chi connectivity index (χ1v) is 5.27. The fraction of sp³-hybridized carbons (Fsp3) is 0.727. The van der Waals surface area contributed by atoms with Crippen molar-refractivity contribution in [2.75, 3.05) is 7.11 Å².